The number of aromatic nitrogens is 1. The summed E-state index contributed by atoms with van der Waals surface area (Å²) in [4.78, 5) is 4.64. The van der Waals surface area contributed by atoms with Gasteiger partial charge in [0.25, 0.3) is 0 Å². The minimum atomic E-state index is 0.520. The maximum Gasteiger partial charge on any atom is 0.0783 e. The molecule has 0 N–H and O–H groups in total. The van der Waals surface area contributed by atoms with Gasteiger partial charge in [0.05, 0.1) is 5.69 Å². The van der Waals surface area contributed by atoms with Crippen molar-refractivity contribution in [2.75, 3.05) is 0 Å². The average molecular weight is 257 g/mol. The summed E-state index contributed by atoms with van der Waals surface area (Å²) in [7, 11) is 0. The van der Waals surface area contributed by atoms with Gasteiger partial charge in [-0.25, -0.2) is 0 Å². The SMILES string of the molecule is C=C1CC1c1ccccc1-c1nccc2ccccc12. The van der Waals surface area contributed by atoms with Gasteiger partial charge in [0.1, 0.15) is 0 Å². The Morgan fingerprint density at radius 2 is 1.70 bits per heavy atom. The van der Waals surface area contributed by atoms with Crippen LogP contribution in [0.3, 0.4) is 0 Å². The molecule has 0 radical (unpaired) electrons. The number of pyridine rings is 1. The normalized spacial score (nSPS) is 17.4. The first-order valence-electron chi connectivity index (χ1n) is 6.95. The minimum absolute atomic E-state index is 0.520. The van der Waals surface area contributed by atoms with Crippen LogP contribution in [0.2, 0.25) is 0 Å². The predicted octanol–water partition coefficient (Wildman–Crippen LogP) is 4.95. The molecule has 3 aromatic rings. The molecule has 20 heavy (non-hydrogen) atoms. The third kappa shape index (κ3) is 1.75. The number of nitrogens with zero attached hydrogens (tertiary/aromatic N) is 1. The molecule has 0 saturated heterocycles. The van der Waals surface area contributed by atoms with E-state index in [0.717, 1.165) is 12.1 Å². The van der Waals surface area contributed by atoms with E-state index in [4.69, 9.17) is 0 Å². The van der Waals surface area contributed by atoms with Gasteiger partial charge in [-0.3, -0.25) is 4.98 Å². The van der Waals surface area contributed by atoms with E-state index in [9.17, 15) is 0 Å². The molecule has 0 amide bonds. The molecule has 0 bridgehead atoms. The number of benzene rings is 2. The molecular weight excluding hydrogens is 242 g/mol. The lowest BCUT2D eigenvalue weighted by atomic mass is 9.97. The van der Waals surface area contributed by atoms with Gasteiger partial charge in [0.2, 0.25) is 0 Å². The zero-order valence-electron chi connectivity index (χ0n) is 11.2. The van der Waals surface area contributed by atoms with Crippen molar-refractivity contribution in [1.82, 2.24) is 4.98 Å². The Hall–Kier alpha value is -2.41. The van der Waals surface area contributed by atoms with Crippen LogP contribution in [0.5, 0.6) is 0 Å². The van der Waals surface area contributed by atoms with Crippen molar-refractivity contribution >= 4 is 10.8 Å². The van der Waals surface area contributed by atoms with Gasteiger partial charge in [-0.15, -0.1) is 0 Å². The monoisotopic (exact) mass is 257 g/mol. The Bertz CT molecular complexity index is 811. The van der Waals surface area contributed by atoms with Gasteiger partial charge in [-0.1, -0.05) is 60.7 Å². The van der Waals surface area contributed by atoms with Crippen LogP contribution in [0, 0.1) is 0 Å². The topological polar surface area (TPSA) is 12.9 Å². The molecule has 0 aliphatic heterocycles. The number of allylic oxidation sites excluding steroid dienone is 1. The van der Waals surface area contributed by atoms with Crippen LogP contribution in [0.15, 0.2) is 72.9 Å². The quantitative estimate of drug-likeness (QED) is 0.592. The standard InChI is InChI=1S/C19H15N/c1-13-12-18(13)16-8-4-5-9-17(16)19-15-7-3-2-6-14(15)10-11-20-19/h2-11,18H,1,12H2. The van der Waals surface area contributed by atoms with Crippen molar-refractivity contribution < 1.29 is 0 Å². The highest BCUT2D eigenvalue weighted by molar-refractivity contribution is 5.95. The van der Waals surface area contributed by atoms with E-state index in [0.29, 0.717) is 5.92 Å². The Balaban J connectivity index is 1.98. The highest BCUT2D eigenvalue weighted by Crippen LogP contribution is 2.48. The van der Waals surface area contributed by atoms with Crippen LogP contribution in [-0.2, 0) is 0 Å². The molecule has 1 atom stereocenters. The maximum absolute atomic E-state index is 4.64. The van der Waals surface area contributed by atoms with E-state index in [1.165, 1.54) is 27.5 Å². The molecule has 1 heteroatoms. The van der Waals surface area contributed by atoms with Crippen molar-refractivity contribution in [2.45, 2.75) is 12.3 Å². The first-order valence-corrected chi connectivity index (χ1v) is 6.95. The molecular formula is C19H15N. The number of fused-ring (bicyclic) bond motifs is 1. The molecule has 4 rings (SSSR count). The van der Waals surface area contributed by atoms with Crippen molar-refractivity contribution in [3.05, 3.63) is 78.5 Å². The van der Waals surface area contributed by atoms with E-state index < -0.39 is 0 Å². The molecule has 96 valence electrons. The summed E-state index contributed by atoms with van der Waals surface area (Å²) < 4.78 is 0. The van der Waals surface area contributed by atoms with Gasteiger partial charge >= 0.3 is 0 Å². The summed E-state index contributed by atoms with van der Waals surface area (Å²) in [5.74, 6) is 0.520. The van der Waals surface area contributed by atoms with Crippen LogP contribution in [0.4, 0.5) is 0 Å². The number of hydrogen-bond acceptors (Lipinski definition) is 1. The molecule has 0 spiro atoms. The lowest BCUT2D eigenvalue weighted by Gasteiger charge is -2.10. The second-order valence-corrected chi connectivity index (χ2v) is 5.38. The fourth-order valence-electron chi connectivity index (χ4n) is 2.88. The van der Waals surface area contributed by atoms with Crippen LogP contribution in [-0.4, -0.2) is 4.98 Å². The second-order valence-electron chi connectivity index (χ2n) is 5.38. The van der Waals surface area contributed by atoms with E-state index in [1.54, 1.807) is 0 Å². The molecule has 1 saturated carbocycles. The number of hydrogen-bond donors (Lipinski definition) is 0. The Kier molecular flexibility index (Phi) is 2.46. The van der Waals surface area contributed by atoms with Crippen molar-refractivity contribution in [1.29, 1.82) is 0 Å². The molecule has 1 unspecified atom stereocenters. The highest BCUT2D eigenvalue weighted by atomic mass is 14.7. The molecule has 2 aromatic carbocycles. The molecule has 1 aliphatic carbocycles. The van der Waals surface area contributed by atoms with E-state index in [-0.39, 0.29) is 0 Å². The van der Waals surface area contributed by atoms with Crippen LogP contribution in [0.25, 0.3) is 22.0 Å². The van der Waals surface area contributed by atoms with Crippen molar-refractivity contribution in [3.8, 4) is 11.3 Å². The Morgan fingerprint density at radius 3 is 2.55 bits per heavy atom. The summed E-state index contributed by atoms with van der Waals surface area (Å²) in [5, 5.41) is 2.45. The summed E-state index contributed by atoms with van der Waals surface area (Å²) in [5.41, 5.74) is 5.02. The molecule has 1 heterocycles. The largest absolute Gasteiger partial charge is 0.256 e. The zero-order chi connectivity index (χ0) is 13.5. The smallest absolute Gasteiger partial charge is 0.0783 e. The molecule has 1 aromatic heterocycles. The van der Waals surface area contributed by atoms with Crippen LogP contribution in [0.1, 0.15) is 17.9 Å². The van der Waals surface area contributed by atoms with Gasteiger partial charge in [-0.05, 0) is 23.4 Å². The van der Waals surface area contributed by atoms with Crippen LogP contribution < -0.4 is 0 Å². The molecule has 1 aliphatic rings. The first kappa shape index (κ1) is 11.4. The minimum Gasteiger partial charge on any atom is -0.256 e. The lowest BCUT2D eigenvalue weighted by Crippen LogP contribution is -1.91. The fraction of sp³-hybridized carbons (Fsp3) is 0.105. The lowest BCUT2D eigenvalue weighted by molar-refractivity contribution is 1.16. The molecule has 1 nitrogen and oxygen atoms in total. The van der Waals surface area contributed by atoms with Crippen LogP contribution >= 0.6 is 0 Å². The van der Waals surface area contributed by atoms with Crippen molar-refractivity contribution in [3.63, 3.8) is 0 Å². The third-order valence-electron chi connectivity index (χ3n) is 4.06. The van der Waals surface area contributed by atoms with E-state index in [2.05, 4.69) is 66.2 Å². The summed E-state index contributed by atoms with van der Waals surface area (Å²) >= 11 is 0. The highest BCUT2D eigenvalue weighted by Gasteiger charge is 2.31. The molecule has 1 fully saturated rings. The maximum atomic E-state index is 4.64. The number of rotatable bonds is 2. The van der Waals surface area contributed by atoms with Gasteiger partial charge in [0, 0.05) is 23.1 Å². The summed E-state index contributed by atoms with van der Waals surface area (Å²) in [6.45, 7) is 4.10. The Labute approximate surface area is 118 Å². The third-order valence-corrected chi connectivity index (χ3v) is 4.06. The second kappa shape index (κ2) is 4.31. The average Bonchev–Trinajstić information content (AvgIpc) is 3.23. The van der Waals surface area contributed by atoms with Crippen molar-refractivity contribution in [2.24, 2.45) is 0 Å². The van der Waals surface area contributed by atoms with E-state index in [1.807, 2.05) is 6.20 Å². The summed E-state index contributed by atoms with van der Waals surface area (Å²) in [6.07, 6.45) is 3.01. The van der Waals surface area contributed by atoms with Gasteiger partial charge < -0.3 is 0 Å². The van der Waals surface area contributed by atoms with Gasteiger partial charge in [0.15, 0.2) is 0 Å². The van der Waals surface area contributed by atoms with Gasteiger partial charge in [-0.2, -0.15) is 0 Å². The Morgan fingerprint density at radius 1 is 0.950 bits per heavy atom. The predicted molar refractivity (Wildman–Crippen MR) is 83.7 cm³/mol. The first-order chi connectivity index (χ1) is 9.84. The fourth-order valence-corrected chi connectivity index (χ4v) is 2.88. The van der Waals surface area contributed by atoms with E-state index >= 15 is 0 Å². The summed E-state index contributed by atoms with van der Waals surface area (Å²) in [6, 6.07) is 19.1. The zero-order valence-corrected chi connectivity index (χ0v) is 11.2.